The zero-order chi connectivity index (χ0) is 16.4. The molecule has 1 N–H and O–H groups in total. The van der Waals surface area contributed by atoms with Crippen LogP contribution in [0.3, 0.4) is 0 Å². The molecule has 1 aliphatic heterocycles. The average Bonchev–Trinajstić information content (AvgIpc) is 2.89. The molecule has 120 valence electrons. The van der Waals surface area contributed by atoms with Gasteiger partial charge in [-0.25, -0.2) is 12.8 Å². The Kier molecular flexibility index (Phi) is 4.14. The molecule has 2 aromatic rings. The van der Waals surface area contributed by atoms with Gasteiger partial charge in [0.15, 0.2) is 0 Å². The Bertz CT molecular complexity index is 824. The molecule has 0 unspecified atom stereocenters. The third-order valence-corrected chi connectivity index (χ3v) is 5.15. The first kappa shape index (κ1) is 15.6. The monoisotopic (exact) mass is 334 g/mol. The zero-order valence-corrected chi connectivity index (χ0v) is 13.0. The first-order chi connectivity index (χ1) is 11.0. The quantitative estimate of drug-likeness (QED) is 0.929. The molecule has 3 rings (SSSR count). The summed E-state index contributed by atoms with van der Waals surface area (Å²) in [6.07, 6.45) is 0.363. The first-order valence-electron chi connectivity index (χ1n) is 7.12. The van der Waals surface area contributed by atoms with Crippen LogP contribution in [-0.4, -0.2) is 26.9 Å². The Morgan fingerprint density at radius 3 is 2.52 bits per heavy atom. The van der Waals surface area contributed by atoms with Crippen molar-refractivity contribution in [2.24, 2.45) is 0 Å². The highest BCUT2D eigenvalue weighted by molar-refractivity contribution is 7.89. The number of anilines is 1. The third-order valence-electron chi connectivity index (χ3n) is 3.68. The van der Waals surface area contributed by atoms with Crippen LogP contribution in [0.5, 0.6) is 0 Å². The molecule has 0 radical (unpaired) electrons. The van der Waals surface area contributed by atoms with Gasteiger partial charge in [-0.3, -0.25) is 4.79 Å². The summed E-state index contributed by atoms with van der Waals surface area (Å²) in [6.45, 7) is 0.430. The highest BCUT2D eigenvalue weighted by atomic mass is 32.2. The standard InChI is InChI=1S/C16H15FN2O3S/c17-12-5-4-8-14(11-12)23(21,22)18-15-9-10-19(16(15)20)13-6-2-1-3-7-13/h1-8,11,15,18H,9-10H2/t15-/m1/s1. The van der Waals surface area contributed by atoms with Crippen molar-refractivity contribution in [1.82, 2.24) is 4.72 Å². The fourth-order valence-electron chi connectivity index (χ4n) is 2.54. The van der Waals surface area contributed by atoms with Crippen LogP contribution in [0.25, 0.3) is 0 Å². The molecule has 1 aliphatic rings. The molecule has 1 fully saturated rings. The van der Waals surface area contributed by atoms with Crippen LogP contribution < -0.4 is 9.62 Å². The van der Waals surface area contributed by atoms with Gasteiger partial charge in [0.2, 0.25) is 15.9 Å². The minimum absolute atomic E-state index is 0.191. The fourth-order valence-corrected chi connectivity index (χ4v) is 3.80. The van der Waals surface area contributed by atoms with E-state index in [1.54, 1.807) is 17.0 Å². The Morgan fingerprint density at radius 1 is 1.09 bits per heavy atom. The number of benzene rings is 2. The number of halogens is 1. The fraction of sp³-hybridized carbons (Fsp3) is 0.188. The second-order valence-corrected chi connectivity index (χ2v) is 6.96. The lowest BCUT2D eigenvalue weighted by Crippen LogP contribution is -2.41. The number of sulfonamides is 1. The Hall–Kier alpha value is -2.25. The van der Waals surface area contributed by atoms with Crippen LogP contribution in [0, 0.1) is 5.82 Å². The number of hydrogen-bond donors (Lipinski definition) is 1. The summed E-state index contributed by atoms with van der Waals surface area (Å²) in [5, 5.41) is 0. The van der Waals surface area contributed by atoms with Crippen LogP contribution >= 0.6 is 0 Å². The van der Waals surface area contributed by atoms with Crippen molar-refractivity contribution in [3.63, 3.8) is 0 Å². The van der Waals surface area contributed by atoms with E-state index in [4.69, 9.17) is 0 Å². The molecular formula is C16H15FN2O3S. The van der Waals surface area contributed by atoms with Crippen molar-refractivity contribution in [2.75, 3.05) is 11.4 Å². The van der Waals surface area contributed by atoms with Crippen molar-refractivity contribution in [2.45, 2.75) is 17.4 Å². The first-order valence-corrected chi connectivity index (χ1v) is 8.60. The predicted molar refractivity (Wildman–Crippen MR) is 83.9 cm³/mol. The Morgan fingerprint density at radius 2 is 1.83 bits per heavy atom. The van der Waals surface area contributed by atoms with E-state index in [1.165, 1.54) is 12.1 Å². The number of carbonyl (C=O) groups is 1. The normalized spacial score (nSPS) is 18.4. The van der Waals surface area contributed by atoms with Gasteiger partial charge in [0.05, 0.1) is 4.90 Å². The molecule has 1 saturated heterocycles. The van der Waals surface area contributed by atoms with E-state index in [0.717, 1.165) is 17.8 Å². The number of rotatable bonds is 4. The summed E-state index contributed by atoms with van der Waals surface area (Å²) >= 11 is 0. The van der Waals surface area contributed by atoms with E-state index < -0.39 is 21.9 Å². The van der Waals surface area contributed by atoms with E-state index in [2.05, 4.69) is 4.72 Å². The minimum atomic E-state index is -3.94. The van der Waals surface area contributed by atoms with Crippen molar-refractivity contribution < 1.29 is 17.6 Å². The number of amides is 1. The van der Waals surface area contributed by atoms with Crippen molar-refractivity contribution in [1.29, 1.82) is 0 Å². The maximum atomic E-state index is 13.2. The average molecular weight is 334 g/mol. The van der Waals surface area contributed by atoms with Crippen LogP contribution in [0.4, 0.5) is 10.1 Å². The van der Waals surface area contributed by atoms with E-state index in [9.17, 15) is 17.6 Å². The summed E-state index contributed by atoms with van der Waals surface area (Å²) < 4.78 is 40.1. The minimum Gasteiger partial charge on any atom is -0.311 e. The van der Waals surface area contributed by atoms with Gasteiger partial charge in [0.1, 0.15) is 11.9 Å². The topological polar surface area (TPSA) is 66.5 Å². The number of para-hydroxylation sites is 1. The van der Waals surface area contributed by atoms with Crippen LogP contribution in [0.15, 0.2) is 59.5 Å². The molecule has 1 heterocycles. The van der Waals surface area contributed by atoms with Gasteiger partial charge < -0.3 is 4.90 Å². The van der Waals surface area contributed by atoms with Crippen LogP contribution in [0.1, 0.15) is 6.42 Å². The maximum Gasteiger partial charge on any atom is 0.245 e. The van der Waals surface area contributed by atoms with Crippen LogP contribution in [-0.2, 0) is 14.8 Å². The van der Waals surface area contributed by atoms with Gasteiger partial charge in [-0.1, -0.05) is 24.3 Å². The number of nitrogens with one attached hydrogen (secondary N) is 1. The second kappa shape index (κ2) is 6.10. The molecule has 7 heteroatoms. The van der Waals surface area contributed by atoms with E-state index in [-0.39, 0.29) is 10.8 Å². The van der Waals surface area contributed by atoms with E-state index in [0.29, 0.717) is 13.0 Å². The Balaban J connectivity index is 1.78. The van der Waals surface area contributed by atoms with Crippen molar-refractivity contribution in [3.8, 4) is 0 Å². The lowest BCUT2D eigenvalue weighted by Gasteiger charge is -2.17. The smallest absolute Gasteiger partial charge is 0.245 e. The lowest BCUT2D eigenvalue weighted by atomic mass is 10.3. The predicted octanol–water partition coefficient (Wildman–Crippen LogP) is 1.91. The highest BCUT2D eigenvalue weighted by Crippen LogP contribution is 2.22. The second-order valence-electron chi connectivity index (χ2n) is 5.25. The number of carbonyl (C=O) groups excluding carboxylic acids is 1. The molecule has 0 saturated carbocycles. The summed E-state index contributed by atoms with van der Waals surface area (Å²) in [5.41, 5.74) is 0.727. The maximum absolute atomic E-state index is 13.2. The lowest BCUT2D eigenvalue weighted by molar-refractivity contribution is -0.118. The summed E-state index contributed by atoms with van der Waals surface area (Å²) in [7, 11) is -3.94. The molecule has 23 heavy (non-hydrogen) atoms. The van der Waals surface area contributed by atoms with E-state index >= 15 is 0 Å². The molecule has 0 aliphatic carbocycles. The van der Waals surface area contributed by atoms with Gasteiger partial charge in [0.25, 0.3) is 0 Å². The SMILES string of the molecule is O=C1[C@H](NS(=O)(=O)c2cccc(F)c2)CCN1c1ccccc1. The molecular weight excluding hydrogens is 319 g/mol. The molecule has 0 aromatic heterocycles. The summed E-state index contributed by atoms with van der Waals surface area (Å²) in [5.74, 6) is -0.951. The molecule has 2 aromatic carbocycles. The summed E-state index contributed by atoms with van der Waals surface area (Å²) in [6, 6.07) is 12.9. The molecule has 5 nitrogen and oxygen atoms in total. The van der Waals surface area contributed by atoms with Gasteiger partial charge in [-0.2, -0.15) is 4.72 Å². The third kappa shape index (κ3) is 3.25. The van der Waals surface area contributed by atoms with Gasteiger partial charge in [0, 0.05) is 12.2 Å². The summed E-state index contributed by atoms with van der Waals surface area (Å²) in [4.78, 5) is 13.8. The van der Waals surface area contributed by atoms with Crippen molar-refractivity contribution >= 4 is 21.6 Å². The van der Waals surface area contributed by atoms with E-state index in [1.807, 2.05) is 18.2 Å². The highest BCUT2D eigenvalue weighted by Gasteiger charge is 2.35. The van der Waals surface area contributed by atoms with Crippen LogP contribution in [0.2, 0.25) is 0 Å². The molecule has 1 atom stereocenters. The molecule has 0 bridgehead atoms. The molecule has 0 spiro atoms. The van der Waals surface area contributed by atoms with Gasteiger partial charge in [-0.05, 0) is 36.8 Å². The van der Waals surface area contributed by atoms with Gasteiger partial charge in [-0.15, -0.1) is 0 Å². The van der Waals surface area contributed by atoms with Crippen molar-refractivity contribution in [3.05, 3.63) is 60.4 Å². The number of hydrogen-bond acceptors (Lipinski definition) is 3. The Labute approximate surface area is 133 Å². The molecule has 1 amide bonds. The largest absolute Gasteiger partial charge is 0.311 e. The van der Waals surface area contributed by atoms with Gasteiger partial charge >= 0.3 is 0 Å². The zero-order valence-electron chi connectivity index (χ0n) is 12.1. The number of nitrogens with zero attached hydrogens (tertiary/aromatic N) is 1.